The molecule has 0 unspecified atom stereocenters. The molecule has 0 radical (unpaired) electrons. The second-order valence-corrected chi connectivity index (χ2v) is 4.10. The third-order valence-electron chi connectivity index (χ3n) is 2.68. The number of fused-ring (bicyclic) bond motifs is 1. The Morgan fingerprint density at radius 3 is 2.90 bits per heavy atom. The monoisotopic (exact) mass is 284 g/mol. The SMILES string of the molecule is O=C(Oc1cccc([N+](=O)[O-])c1)c1cc2ncccn2n1. The zero-order chi connectivity index (χ0) is 14.8. The minimum absolute atomic E-state index is 0.0696. The van der Waals surface area contributed by atoms with Crippen molar-refractivity contribution in [2.45, 2.75) is 0 Å². The maximum absolute atomic E-state index is 12.0. The first-order valence-electron chi connectivity index (χ1n) is 5.90. The zero-order valence-electron chi connectivity index (χ0n) is 10.5. The number of hydrogen-bond donors (Lipinski definition) is 0. The Morgan fingerprint density at radius 2 is 2.14 bits per heavy atom. The van der Waals surface area contributed by atoms with Crippen molar-refractivity contribution >= 4 is 17.3 Å². The molecule has 0 N–H and O–H groups in total. The fraction of sp³-hybridized carbons (Fsp3) is 0. The minimum atomic E-state index is -0.707. The van der Waals surface area contributed by atoms with E-state index >= 15 is 0 Å². The molecule has 21 heavy (non-hydrogen) atoms. The van der Waals surface area contributed by atoms with Crippen molar-refractivity contribution in [3.8, 4) is 5.75 Å². The maximum atomic E-state index is 12.0. The highest BCUT2D eigenvalue weighted by Crippen LogP contribution is 2.20. The molecule has 8 nitrogen and oxygen atoms in total. The van der Waals surface area contributed by atoms with Crippen LogP contribution in [0.2, 0.25) is 0 Å². The zero-order valence-corrected chi connectivity index (χ0v) is 10.5. The van der Waals surface area contributed by atoms with E-state index in [1.54, 1.807) is 18.5 Å². The van der Waals surface area contributed by atoms with Crippen LogP contribution in [0.25, 0.3) is 5.65 Å². The van der Waals surface area contributed by atoms with Gasteiger partial charge in [-0.2, -0.15) is 5.10 Å². The van der Waals surface area contributed by atoms with Gasteiger partial charge in [0.15, 0.2) is 11.3 Å². The van der Waals surface area contributed by atoms with Gasteiger partial charge in [-0.15, -0.1) is 0 Å². The number of esters is 1. The van der Waals surface area contributed by atoms with Gasteiger partial charge in [-0.1, -0.05) is 6.07 Å². The molecule has 0 aliphatic heterocycles. The van der Waals surface area contributed by atoms with Crippen LogP contribution in [0, 0.1) is 10.1 Å². The Hall–Kier alpha value is -3.29. The van der Waals surface area contributed by atoms with Gasteiger partial charge in [0.25, 0.3) is 5.69 Å². The van der Waals surface area contributed by atoms with E-state index < -0.39 is 10.9 Å². The third kappa shape index (κ3) is 2.54. The van der Waals surface area contributed by atoms with Gasteiger partial charge in [-0.05, 0) is 12.1 Å². The lowest BCUT2D eigenvalue weighted by Gasteiger charge is -2.01. The van der Waals surface area contributed by atoms with Crippen molar-refractivity contribution in [1.29, 1.82) is 0 Å². The summed E-state index contributed by atoms with van der Waals surface area (Å²) in [6, 6.07) is 8.53. The van der Waals surface area contributed by atoms with Gasteiger partial charge < -0.3 is 4.74 Å². The molecule has 0 bridgehead atoms. The van der Waals surface area contributed by atoms with E-state index in [0.717, 1.165) is 0 Å². The normalized spacial score (nSPS) is 10.5. The summed E-state index contributed by atoms with van der Waals surface area (Å²) in [6.07, 6.45) is 3.22. The highest BCUT2D eigenvalue weighted by Gasteiger charge is 2.15. The Kier molecular flexibility index (Phi) is 3.03. The summed E-state index contributed by atoms with van der Waals surface area (Å²) >= 11 is 0. The summed E-state index contributed by atoms with van der Waals surface area (Å²) in [5.74, 6) is -0.625. The molecule has 0 spiro atoms. The van der Waals surface area contributed by atoms with Gasteiger partial charge in [0.2, 0.25) is 0 Å². The molecule has 2 aromatic heterocycles. The molecule has 3 aromatic rings. The van der Waals surface area contributed by atoms with Crippen molar-refractivity contribution in [3.05, 3.63) is 64.6 Å². The number of nitrogens with zero attached hydrogens (tertiary/aromatic N) is 4. The fourth-order valence-electron chi connectivity index (χ4n) is 1.75. The molecule has 1 aromatic carbocycles. The molecule has 0 saturated carbocycles. The van der Waals surface area contributed by atoms with E-state index in [-0.39, 0.29) is 17.1 Å². The van der Waals surface area contributed by atoms with Crippen LogP contribution in [-0.4, -0.2) is 25.5 Å². The third-order valence-corrected chi connectivity index (χ3v) is 2.68. The van der Waals surface area contributed by atoms with E-state index in [0.29, 0.717) is 5.65 Å². The van der Waals surface area contributed by atoms with E-state index in [1.165, 1.54) is 34.8 Å². The molecule has 3 rings (SSSR count). The van der Waals surface area contributed by atoms with Crippen LogP contribution in [0.4, 0.5) is 5.69 Å². The largest absolute Gasteiger partial charge is 0.421 e. The number of rotatable bonds is 3. The number of benzene rings is 1. The number of carbonyl (C=O) groups is 1. The highest BCUT2D eigenvalue weighted by atomic mass is 16.6. The van der Waals surface area contributed by atoms with Crippen LogP contribution in [-0.2, 0) is 0 Å². The van der Waals surface area contributed by atoms with Gasteiger partial charge in [-0.25, -0.2) is 14.3 Å². The molecule has 0 atom stereocenters. The number of aromatic nitrogens is 3. The average molecular weight is 284 g/mol. The van der Waals surface area contributed by atoms with Crippen LogP contribution < -0.4 is 4.74 Å². The molecular formula is C13H8N4O4. The first-order chi connectivity index (χ1) is 10.1. The first kappa shape index (κ1) is 12.7. The van der Waals surface area contributed by atoms with Crippen molar-refractivity contribution < 1.29 is 14.5 Å². The standard InChI is InChI=1S/C13H8N4O4/c18-13(11-8-12-14-5-2-6-16(12)15-11)21-10-4-1-3-9(7-10)17(19)20/h1-8H. The van der Waals surface area contributed by atoms with Gasteiger partial charge in [0.05, 0.1) is 11.0 Å². The Balaban J connectivity index is 1.85. The second kappa shape index (κ2) is 5.00. The smallest absolute Gasteiger partial charge is 0.364 e. The Bertz CT molecular complexity index is 810. The highest BCUT2D eigenvalue weighted by molar-refractivity contribution is 5.90. The Labute approximate surface area is 117 Å². The maximum Gasteiger partial charge on any atom is 0.364 e. The molecular weight excluding hydrogens is 276 g/mol. The summed E-state index contributed by atoms with van der Waals surface area (Å²) in [7, 11) is 0. The quantitative estimate of drug-likeness (QED) is 0.315. The number of ether oxygens (including phenoxy) is 1. The topological polar surface area (TPSA) is 99.6 Å². The van der Waals surface area contributed by atoms with Crippen LogP contribution in [0.5, 0.6) is 5.75 Å². The van der Waals surface area contributed by atoms with Gasteiger partial charge in [0.1, 0.15) is 5.75 Å². The summed E-state index contributed by atoms with van der Waals surface area (Å²) in [4.78, 5) is 26.1. The molecule has 0 amide bonds. The van der Waals surface area contributed by atoms with E-state index in [4.69, 9.17) is 4.74 Å². The number of carbonyl (C=O) groups excluding carboxylic acids is 1. The number of nitro groups is 1. The van der Waals surface area contributed by atoms with E-state index in [9.17, 15) is 14.9 Å². The minimum Gasteiger partial charge on any atom is -0.421 e. The van der Waals surface area contributed by atoms with Crippen LogP contribution in [0.15, 0.2) is 48.8 Å². The van der Waals surface area contributed by atoms with Crippen molar-refractivity contribution in [2.24, 2.45) is 0 Å². The predicted molar refractivity (Wildman–Crippen MR) is 71.0 cm³/mol. The molecule has 0 aliphatic carbocycles. The Morgan fingerprint density at radius 1 is 1.29 bits per heavy atom. The summed E-state index contributed by atoms with van der Waals surface area (Å²) < 4.78 is 6.51. The van der Waals surface area contributed by atoms with E-state index in [2.05, 4.69) is 10.1 Å². The summed E-state index contributed by atoms with van der Waals surface area (Å²) in [6.45, 7) is 0. The van der Waals surface area contributed by atoms with Crippen molar-refractivity contribution in [2.75, 3.05) is 0 Å². The number of nitro benzene ring substituents is 1. The van der Waals surface area contributed by atoms with Crippen LogP contribution in [0.3, 0.4) is 0 Å². The fourth-order valence-corrected chi connectivity index (χ4v) is 1.75. The molecule has 0 aliphatic rings. The molecule has 104 valence electrons. The molecule has 8 heteroatoms. The first-order valence-corrected chi connectivity index (χ1v) is 5.90. The lowest BCUT2D eigenvalue weighted by Crippen LogP contribution is -2.09. The number of hydrogen-bond acceptors (Lipinski definition) is 6. The number of non-ortho nitro benzene ring substituents is 1. The molecule has 0 fully saturated rings. The second-order valence-electron chi connectivity index (χ2n) is 4.10. The van der Waals surface area contributed by atoms with E-state index in [1.807, 2.05) is 0 Å². The average Bonchev–Trinajstić information content (AvgIpc) is 2.91. The lowest BCUT2D eigenvalue weighted by molar-refractivity contribution is -0.384. The molecule has 0 saturated heterocycles. The van der Waals surface area contributed by atoms with Crippen molar-refractivity contribution in [1.82, 2.24) is 14.6 Å². The lowest BCUT2D eigenvalue weighted by atomic mass is 10.3. The predicted octanol–water partition coefficient (Wildman–Crippen LogP) is 1.86. The van der Waals surface area contributed by atoms with Crippen LogP contribution in [0.1, 0.15) is 10.5 Å². The van der Waals surface area contributed by atoms with Gasteiger partial charge >= 0.3 is 5.97 Å². The van der Waals surface area contributed by atoms with Gasteiger partial charge in [-0.3, -0.25) is 10.1 Å². The van der Waals surface area contributed by atoms with Crippen LogP contribution >= 0.6 is 0 Å². The summed E-state index contributed by atoms with van der Waals surface area (Å²) in [5, 5.41) is 14.7. The van der Waals surface area contributed by atoms with Crippen molar-refractivity contribution in [3.63, 3.8) is 0 Å². The van der Waals surface area contributed by atoms with Gasteiger partial charge in [0, 0.05) is 24.5 Å². The summed E-state index contributed by atoms with van der Waals surface area (Å²) in [5.41, 5.74) is 0.417. The molecule has 2 heterocycles.